The minimum atomic E-state index is -0.193. The molecule has 2 aromatic carbocycles. The smallest absolute Gasteiger partial charge is 0.147 e. The predicted molar refractivity (Wildman–Crippen MR) is 92.2 cm³/mol. The van der Waals surface area contributed by atoms with Gasteiger partial charge in [0, 0.05) is 16.0 Å². The highest BCUT2D eigenvalue weighted by molar-refractivity contribution is 7.99. The zero-order valence-corrected chi connectivity index (χ0v) is 13.3. The molecule has 0 amide bonds. The quantitative estimate of drug-likeness (QED) is 0.592. The number of allylic oxidation sites excluding steroid dienone is 3. The number of rotatable bonds is 2. The summed E-state index contributed by atoms with van der Waals surface area (Å²) < 4.78 is 0. The standard InChI is InChI=1S/C19H10N4S/c20-11-14(15(12-21)13-22)9-10-23-16-5-1-3-7-18(16)24-19-8-4-2-6-17(19)23/h1-10H. The Morgan fingerprint density at radius 3 is 1.88 bits per heavy atom. The third kappa shape index (κ3) is 2.75. The van der Waals surface area contributed by atoms with E-state index in [0.29, 0.717) is 0 Å². The number of fused-ring (bicyclic) bond motifs is 2. The number of anilines is 2. The van der Waals surface area contributed by atoms with Crippen LogP contribution in [0.5, 0.6) is 0 Å². The SMILES string of the molecule is N#CC(C#N)=C(C#N)C=CN1c2ccccc2Sc2ccccc21. The van der Waals surface area contributed by atoms with Gasteiger partial charge in [-0.15, -0.1) is 0 Å². The van der Waals surface area contributed by atoms with Crippen LogP contribution >= 0.6 is 11.8 Å². The van der Waals surface area contributed by atoms with Gasteiger partial charge in [-0.3, -0.25) is 0 Å². The average molecular weight is 326 g/mol. The maximum absolute atomic E-state index is 9.19. The van der Waals surface area contributed by atoms with Crippen LogP contribution in [-0.4, -0.2) is 0 Å². The van der Waals surface area contributed by atoms with Crippen molar-refractivity contribution in [1.29, 1.82) is 15.8 Å². The molecule has 0 radical (unpaired) electrons. The summed E-state index contributed by atoms with van der Waals surface area (Å²) in [6.07, 6.45) is 3.23. The average Bonchev–Trinajstić information content (AvgIpc) is 2.64. The maximum atomic E-state index is 9.19. The van der Waals surface area contributed by atoms with Crippen molar-refractivity contribution in [3.05, 3.63) is 72.0 Å². The first kappa shape index (κ1) is 15.4. The Balaban J connectivity index is 2.11. The number of nitriles is 3. The molecule has 0 saturated carbocycles. The zero-order chi connectivity index (χ0) is 16.9. The Bertz CT molecular complexity index is 922. The summed E-state index contributed by atoms with van der Waals surface area (Å²) >= 11 is 1.68. The Morgan fingerprint density at radius 1 is 0.833 bits per heavy atom. The van der Waals surface area contributed by atoms with Crippen LogP contribution in [0, 0.1) is 34.0 Å². The van der Waals surface area contributed by atoms with Gasteiger partial charge in [-0.2, -0.15) is 15.8 Å². The molecule has 1 aliphatic heterocycles. The maximum Gasteiger partial charge on any atom is 0.147 e. The summed E-state index contributed by atoms with van der Waals surface area (Å²) in [5.41, 5.74) is 1.84. The lowest BCUT2D eigenvalue weighted by Gasteiger charge is -2.29. The largest absolute Gasteiger partial charge is 0.315 e. The van der Waals surface area contributed by atoms with E-state index in [9.17, 15) is 5.26 Å². The van der Waals surface area contributed by atoms with Crippen molar-refractivity contribution in [2.45, 2.75) is 9.79 Å². The van der Waals surface area contributed by atoms with Gasteiger partial charge in [0.1, 0.15) is 23.8 Å². The molecule has 3 rings (SSSR count). The lowest BCUT2D eigenvalue weighted by Crippen LogP contribution is -2.13. The third-order valence-corrected chi connectivity index (χ3v) is 4.60. The lowest BCUT2D eigenvalue weighted by atomic mass is 10.1. The van der Waals surface area contributed by atoms with Gasteiger partial charge >= 0.3 is 0 Å². The second-order valence-corrected chi connectivity index (χ2v) is 5.93. The number of hydrogen-bond acceptors (Lipinski definition) is 5. The molecule has 0 bridgehead atoms. The molecule has 5 heteroatoms. The summed E-state index contributed by atoms with van der Waals surface area (Å²) in [7, 11) is 0. The number of hydrogen-bond donors (Lipinski definition) is 0. The Hall–Kier alpha value is -3.46. The zero-order valence-electron chi connectivity index (χ0n) is 12.5. The van der Waals surface area contributed by atoms with Crippen LogP contribution in [0.25, 0.3) is 0 Å². The van der Waals surface area contributed by atoms with Crippen LogP contribution in [0.3, 0.4) is 0 Å². The van der Waals surface area contributed by atoms with E-state index in [1.165, 1.54) is 6.08 Å². The molecule has 0 unspecified atom stereocenters. The third-order valence-electron chi connectivity index (χ3n) is 3.47. The van der Waals surface area contributed by atoms with Gasteiger partial charge < -0.3 is 4.90 Å². The van der Waals surface area contributed by atoms with Crippen LogP contribution in [-0.2, 0) is 0 Å². The second kappa shape index (κ2) is 6.75. The van der Waals surface area contributed by atoms with E-state index in [4.69, 9.17) is 10.5 Å². The monoisotopic (exact) mass is 326 g/mol. The van der Waals surface area contributed by atoms with Crippen molar-refractivity contribution in [1.82, 2.24) is 0 Å². The summed E-state index contributed by atoms with van der Waals surface area (Å²) in [4.78, 5) is 4.17. The summed E-state index contributed by atoms with van der Waals surface area (Å²) in [5.74, 6) is 0. The highest BCUT2D eigenvalue weighted by Gasteiger charge is 2.21. The molecule has 2 aromatic rings. The van der Waals surface area contributed by atoms with E-state index >= 15 is 0 Å². The van der Waals surface area contributed by atoms with Crippen LogP contribution in [0.15, 0.2) is 81.7 Å². The fraction of sp³-hybridized carbons (Fsp3) is 0. The van der Waals surface area contributed by atoms with Crippen molar-refractivity contribution >= 4 is 23.1 Å². The van der Waals surface area contributed by atoms with Gasteiger partial charge in [-0.05, 0) is 30.3 Å². The van der Waals surface area contributed by atoms with E-state index < -0.39 is 0 Å². The minimum Gasteiger partial charge on any atom is -0.315 e. The minimum absolute atomic E-state index is 0.0492. The van der Waals surface area contributed by atoms with Gasteiger partial charge in [0.05, 0.1) is 16.9 Å². The molecule has 0 fully saturated rings. The summed E-state index contributed by atoms with van der Waals surface area (Å²) in [6, 6.07) is 21.3. The molecular weight excluding hydrogens is 316 g/mol. The molecule has 4 nitrogen and oxygen atoms in total. The topological polar surface area (TPSA) is 74.6 Å². The molecule has 1 aliphatic rings. The van der Waals surface area contributed by atoms with Crippen molar-refractivity contribution < 1.29 is 0 Å². The number of para-hydroxylation sites is 2. The molecule has 24 heavy (non-hydrogen) atoms. The van der Waals surface area contributed by atoms with Crippen LogP contribution in [0.1, 0.15) is 0 Å². The van der Waals surface area contributed by atoms with Crippen molar-refractivity contribution in [2.24, 2.45) is 0 Å². The first-order valence-electron chi connectivity index (χ1n) is 7.06. The molecule has 1 heterocycles. The van der Waals surface area contributed by atoms with Gasteiger partial charge in [0.15, 0.2) is 0 Å². The molecule has 0 aromatic heterocycles. The van der Waals surface area contributed by atoms with Crippen LogP contribution in [0.4, 0.5) is 11.4 Å². The van der Waals surface area contributed by atoms with Gasteiger partial charge in [-0.1, -0.05) is 36.0 Å². The highest BCUT2D eigenvalue weighted by atomic mass is 32.2. The van der Waals surface area contributed by atoms with Gasteiger partial charge in [0.2, 0.25) is 0 Å². The lowest BCUT2D eigenvalue weighted by molar-refractivity contribution is 1.16. The molecule has 0 saturated heterocycles. The Labute approximate surface area is 144 Å². The second-order valence-electron chi connectivity index (χ2n) is 4.85. The first-order chi connectivity index (χ1) is 11.8. The van der Waals surface area contributed by atoms with E-state index in [1.54, 1.807) is 30.1 Å². The fourth-order valence-electron chi connectivity index (χ4n) is 2.36. The summed E-state index contributed by atoms with van der Waals surface area (Å²) in [6.45, 7) is 0. The predicted octanol–water partition coefficient (Wildman–Crippen LogP) is 4.67. The van der Waals surface area contributed by atoms with E-state index in [0.717, 1.165) is 21.2 Å². The molecular formula is C19H10N4S. The highest BCUT2D eigenvalue weighted by Crippen LogP contribution is 2.47. The van der Waals surface area contributed by atoms with Crippen molar-refractivity contribution in [2.75, 3.05) is 4.90 Å². The Morgan fingerprint density at radius 2 is 1.38 bits per heavy atom. The molecule has 0 spiro atoms. The van der Waals surface area contributed by atoms with Gasteiger partial charge in [0.25, 0.3) is 0 Å². The van der Waals surface area contributed by atoms with Crippen LogP contribution in [0.2, 0.25) is 0 Å². The molecule has 0 atom stereocenters. The van der Waals surface area contributed by atoms with E-state index in [-0.39, 0.29) is 11.1 Å². The van der Waals surface area contributed by atoms with E-state index in [1.807, 2.05) is 59.5 Å². The van der Waals surface area contributed by atoms with Crippen molar-refractivity contribution in [3.8, 4) is 18.2 Å². The normalized spacial score (nSPS) is 11.6. The van der Waals surface area contributed by atoms with Crippen LogP contribution < -0.4 is 4.90 Å². The van der Waals surface area contributed by atoms with Crippen molar-refractivity contribution in [3.63, 3.8) is 0 Å². The first-order valence-corrected chi connectivity index (χ1v) is 7.88. The number of benzene rings is 2. The summed E-state index contributed by atoms with van der Waals surface area (Å²) in [5, 5.41) is 27.1. The van der Waals surface area contributed by atoms with Gasteiger partial charge in [-0.25, -0.2) is 0 Å². The molecule has 0 N–H and O–H groups in total. The van der Waals surface area contributed by atoms with E-state index in [2.05, 4.69) is 0 Å². The molecule has 112 valence electrons. The Kier molecular flexibility index (Phi) is 4.34. The fourth-order valence-corrected chi connectivity index (χ4v) is 3.44. The molecule has 0 aliphatic carbocycles. The number of nitrogens with zero attached hydrogens (tertiary/aromatic N) is 4.